The molecule has 1 aromatic rings. The molecule has 0 bridgehead atoms. The average molecular weight is 592 g/mol. The monoisotopic (exact) mass is 591 g/mol. The van der Waals surface area contributed by atoms with E-state index in [1.807, 2.05) is 74.4 Å². The zero-order valence-corrected chi connectivity index (χ0v) is 27.2. The van der Waals surface area contributed by atoms with E-state index in [1.54, 1.807) is 6.07 Å². The van der Waals surface area contributed by atoms with E-state index in [4.69, 9.17) is 14.2 Å². The van der Waals surface area contributed by atoms with Crippen LogP contribution in [0.25, 0.3) is 0 Å². The average Bonchev–Trinajstić information content (AvgIpc) is 2.80. The van der Waals surface area contributed by atoms with E-state index in [-0.39, 0.29) is 30.7 Å². The first kappa shape index (κ1) is 35.6. The lowest BCUT2D eigenvalue weighted by molar-refractivity contribution is -0.157. The van der Waals surface area contributed by atoms with Crippen molar-refractivity contribution in [2.75, 3.05) is 65.4 Å². The summed E-state index contributed by atoms with van der Waals surface area (Å²) in [5.41, 5.74) is -0.701. The van der Waals surface area contributed by atoms with Crippen molar-refractivity contribution < 1.29 is 28.6 Å². The third-order valence-corrected chi connectivity index (χ3v) is 6.02. The summed E-state index contributed by atoms with van der Waals surface area (Å²) >= 11 is 0. The van der Waals surface area contributed by atoms with Crippen LogP contribution in [-0.4, -0.2) is 120 Å². The minimum Gasteiger partial charge on any atom is -0.459 e. The van der Waals surface area contributed by atoms with Crippen LogP contribution in [0.4, 0.5) is 0 Å². The second-order valence-electron chi connectivity index (χ2n) is 13.8. The summed E-state index contributed by atoms with van der Waals surface area (Å²) in [6.45, 7) is 22.9. The van der Waals surface area contributed by atoms with Crippen LogP contribution in [0, 0.1) is 0 Å². The van der Waals surface area contributed by atoms with Crippen LogP contribution in [0.5, 0.6) is 0 Å². The van der Waals surface area contributed by atoms with Crippen molar-refractivity contribution in [1.82, 2.24) is 25.0 Å². The Balaban J connectivity index is 2.20. The Hall–Kier alpha value is -2.60. The normalized spacial score (nSPS) is 17.5. The number of hydrogen-bond donors (Lipinski definition) is 1. The number of nitrogens with one attached hydrogen (secondary N) is 1. The van der Waals surface area contributed by atoms with Gasteiger partial charge in [0.2, 0.25) is 0 Å². The number of rotatable bonds is 7. The van der Waals surface area contributed by atoms with Crippen molar-refractivity contribution in [3.8, 4) is 0 Å². The first-order valence-electron chi connectivity index (χ1n) is 14.9. The summed E-state index contributed by atoms with van der Waals surface area (Å²) in [6, 6.07) is 5.37. The number of aromatic nitrogens is 1. The van der Waals surface area contributed by atoms with Crippen molar-refractivity contribution in [3.63, 3.8) is 0 Å². The van der Waals surface area contributed by atoms with Gasteiger partial charge in [-0.2, -0.15) is 0 Å². The van der Waals surface area contributed by atoms with Crippen molar-refractivity contribution in [1.29, 1.82) is 0 Å². The van der Waals surface area contributed by atoms with Crippen LogP contribution in [-0.2, 0) is 30.3 Å². The van der Waals surface area contributed by atoms with Crippen LogP contribution in [0.3, 0.4) is 0 Å². The molecule has 42 heavy (non-hydrogen) atoms. The predicted molar refractivity (Wildman–Crippen MR) is 162 cm³/mol. The fraction of sp³-hybridized carbons (Fsp3) is 0.742. The summed E-state index contributed by atoms with van der Waals surface area (Å²) in [7, 11) is 0. The molecule has 0 radical (unpaired) electrons. The van der Waals surface area contributed by atoms with E-state index in [1.165, 1.54) is 0 Å². The molecule has 238 valence electrons. The van der Waals surface area contributed by atoms with Crippen molar-refractivity contribution in [2.24, 2.45) is 0 Å². The van der Waals surface area contributed by atoms with Gasteiger partial charge in [0.1, 0.15) is 22.5 Å². The number of hydrogen-bond acceptors (Lipinski definition) is 11. The molecule has 0 unspecified atom stereocenters. The molecule has 2 heterocycles. The van der Waals surface area contributed by atoms with Crippen LogP contribution >= 0.6 is 0 Å². The molecular formula is C31H53N5O6. The van der Waals surface area contributed by atoms with E-state index in [0.717, 1.165) is 5.69 Å². The van der Waals surface area contributed by atoms with Crippen molar-refractivity contribution in [2.45, 2.75) is 85.7 Å². The van der Waals surface area contributed by atoms with Crippen LogP contribution in [0.2, 0.25) is 0 Å². The molecule has 11 nitrogen and oxygen atoms in total. The van der Waals surface area contributed by atoms with Gasteiger partial charge in [-0.05, 0) is 74.4 Å². The molecule has 0 spiro atoms. The first-order chi connectivity index (χ1) is 19.4. The summed E-state index contributed by atoms with van der Waals surface area (Å²) in [4.78, 5) is 48.9. The van der Waals surface area contributed by atoms with E-state index < -0.39 is 22.8 Å². The maximum atomic E-state index is 12.6. The van der Waals surface area contributed by atoms with Gasteiger partial charge in [-0.1, -0.05) is 6.07 Å². The number of pyridine rings is 1. The third kappa shape index (κ3) is 15.6. The number of esters is 3. The van der Waals surface area contributed by atoms with Crippen molar-refractivity contribution >= 4 is 17.9 Å². The molecule has 0 aliphatic carbocycles. The quantitative estimate of drug-likeness (QED) is 0.373. The fourth-order valence-corrected chi connectivity index (χ4v) is 4.33. The molecule has 1 N–H and O–H groups in total. The number of nitrogens with zero attached hydrogens (tertiary/aromatic N) is 4. The third-order valence-electron chi connectivity index (χ3n) is 6.02. The minimum absolute atomic E-state index is 0.198. The summed E-state index contributed by atoms with van der Waals surface area (Å²) < 4.78 is 16.7. The summed E-state index contributed by atoms with van der Waals surface area (Å²) in [5, 5.41) is 3.44. The molecular weight excluding hydrogens is 538 g/mol. The first-order valence-corrected chi connectivity index (χ1v) is 14.9. The molecule has 1 aromatic heterocycles. The molecule has 1 aliphatic heterocycles. The SMILES string of the molecule is CC(C)(C)OC(=O)CN1CCNCCN(CC(=O)OC(C)(C)C)CCN(Cc2cccc(C(=O)OC(C)(C)C)n2)CC1. The molecule has 0 amide bonds. The zero-order chi connectivity index (χ0) is 31.6. The van der Waals surface area contributed by atoms with Crippen LogP contribution < -0.4 is 5.32 Å². The lowest BCUT2D eigenvalue weighted by Crippen LogP contribution is -2.47. The van der Waals surface area contributed by atoms with Gasteiger partial charge >= 0.3 is 17.9 Å². The van der Waals surface area contributed by atoms with Gasteiger partial charge in [0.25, 0.3) is 0 Å². The van der Waals surface area contributed by atoms with E-state index in [9.17, 15) is 14.4 Å². The van der Waals surface area contributed by atoms with Crippen molar-refractivity contribution in [3.05, 3.63) is 29.6 Å². The topological polar surface area (TPSA) is 114 Å². The van der Waals surface area contributed by atoms with Crippen LogP contribution in [0.15, 0.2) is 18.2 Å². The maximum Gasteiger partial charge on any atom is 0.357 e. The molecule has 0 aromatic carbocycles. The standard InChI is InChI=1S/C31H53N5O6/c1-29(2,3)40-26(37)22-34-15-13-32-14-16-35(23-27(38)41-30(4,5)6)18-20-36(19-17-34)21-24-11-10-12-25(33-24)28(39)42-31(7,8)9/h10-12,32H,13-23H2,1-9H3. The van der Waals surface area contributed by atoms with Gasteiger partial charge in [-0.25, -0.2) is 9.78 Å². The number of carbonyl (C=O) groups excluding carboxylic acids is 3. The maximum absolute atomic E-state index is 12.6. The Bertz CT molecular complexity index is 984. The highest BCUT2D eigenvalue weighted by atomic mass is 16.6. The Morgan fingerprint density at radius 1 is 0.690 bits per heavy atom. The largest absolute Gasteiger partial charge is 0.459 e. The molecule has 11 heteroatoms. The molecule has 0 atom stereocenters. The molecule has 1 aliphatic rings. The van der Waals surface area contributed by atoms with Gasteiger partial charge in [0, 0.05) is 58.9 Å². The fourth-order valence-electron chi connectivity index (χ4n) is 4.33. The highest BCUT2D eigenvalue weighted by Crippen LogP contribution is 2.13. The van der Waals surface area contributed by atoms with E-state index in [2.05, 4.69) is 25.0 Å². The van der Waals surface area contributed by atoms with Gasteiger partial charge in [-0.15, -0.1) is 0 Å². The van der Waals surface area contributed by atoms with Gasteiger partial charge in [0.05, 0.1) is 18.8 Å². The second-order valence-corrected chi connectivity index (χ2v) is 13.8. The predicted octanol–water partition coefficient (Wildman–Crippen LogP) is 2.73. The Morgan fingerprint density at radius 2 is 1.14 bits per heavy atom. The van der Waals surface area contributed by atoms with Gasteiger partial charge < -0.3 is 19.5 Å². The molecule has 1 fully saturated rings. The number of carbonyl (C=O) groups is 3. The molecule has 1 saturated heterocycles. The smallest absolute Gasteiger partial charge is 0.357 e. The highest BCUT2D eigenvalue weighted by molar-refractivity contribution is 5.87. The summed E-state index contributed by atoms with van der Waals surface area (Å²) in [5.74, 6) is -0.967. The van der Waals surface area contributed by atoms with Gasteiger partial charge in [-0.3, -0.25) is 24.3 Å². The minimum atomic E-state index is -0.615. The number of ether oxygens (including phenoxy) is 3. The van der Waals surface area contributed by atoms with Crippen LogP contribution in [0.1, 0.15) is 78.5 Å². The van der Waals surface area contributed by atoms with E-state index in [0.29, 0.717) is 58.9 Å². The highest BCUT2D eigenvalue weighted by Gasteiger charge is 2.23. The molecule has 0 saturated carbocycles. The summed E-state index contributed by atoms with van der Waals surface area (Å²) in [6.07, 6.45) is 0. The Labute approximate surface area is 252 Å². The Kier molecular flexibility index (Phi) is 13.3. The lowest BCUT2D eigenvalue weighted by atomic mass is 10.2. The lowest BCUT2D eigenvalue weighted by Gasteiger charge is -2.31. The molecule has 2 rings (SSSR count). The Morgan fingerprint density at radius 3 is 1.60 bits per heavy atom. The second kappa shape index (κ2) is 15.7. The zero-order valence-electron chi connectivity index (χ0n) is 27.2. The van der Waals surface area contributed by atoms with E-state index >= 15 is 0 Å². The van der Waals surface area contributed by atoms with Gasteiger partial charge in [0.15, 0.2) is 0 Å².